The van der Waals surface area contributed by atoms with E-state index in [0.717, 1.165) is 50.9 Å². The van der Waals surface area contributed by atoms with Gasteiger partial charge in [-0.25, -0.2) is 4.98 Å². The molecule has 5 aromatic rings. The highest BCUT2D eigenvalue weighted by atomic mass is 16.1. The number of amides is 1. The van der Waals surface area contributed by atoms with Crippen LogP contribution in [0.25, 0.3) is 22.4 Å². The van der Waals surface area contributed by atoms with Gasteiger partial charge in [-0.1, -0.05) is 0 Å². The lowest BCUT2D eigenvalue weighted by atomic mass is 10.2. The minimum Gasteiger partial charge on any atom is -0.378 e. The van der Waals surface area contributed by atoms with Gasteiger partial charge in [0.2, 0.25) is 0 Å². The van der Waals surface area contributed by atoms with E-state index in [-0.39, 0.29) is 5.91 Å². The summed E-state index contributed by atoms with van der Waals surface area (Å²) >= 11 is 0. The lowest BCUT2D eigenvalue weighted by Crippen LogP contribution is -2.12. The summed E-state index contributed by atoms with van der Waals surface area (Å²) in [4.78, 5) is 25.0. The van der Waals surface area contributed by atoms with E-state index in [0.29, 0.717) is 5.56 Å². The Labute approximate surface area is 216 Å². The standard InChI is InChI=1S/C30H30N6O/c1-35(2)25-14-10-23(11-15-25)31-22-8-5-20(6-9-22)29-33-27-18-7-21(19-28(27)34-29)30(37)32-24-12-16-26(17-13-24)36(3)4/h5-19,31H,1-4H3,(H,32,37)(H,33,34). The molecule has 0 fully saturated rings. The number of imidazole rings is 1. The van der Waals surface area contributed by atoms with Crippen LogP contribution in [0.1, 0.15) is 10.4 Å². The molecule has 186 valence electrons. The minimum atomic E-state index is -0.162. The van der Waals surface area contributed by atoms with Gasteiger partial charge in [0.1, 0.15) is 5.82 Å². The van der Waals surface area contributed by atoms with Gasteiger partial charge in [0.15, 0.2) is 0 Å². The smallest absolute Gasteiger partial charge is 0.255 e. The Morgan fingerprint density at radius 2 is 1.24 bits per heavy atom. The van der Waals surface area contributed by atoms with Crippen molar-refractivity contribution in [2.24, 2.45) is 0 Å². The van der Waals surface area contributed by atoms with Crippen LogP contribution < -0.4 is 20.4 Å². The Hall–Kier alpha value is -4.78. The second-order valence-electron chi connectivity index (χ2n) is 9.36. The van der Waals surface area contributed by atoms with Crippen molar-refractivity contribution in [2.45, 2.75) is 0 Å². The van der Waals surface area contributed by atoms with Crippen molar-refractivity contribution in [2.75, 3.05) is 48.6 Å². The number of rotatable bonds is 7. The third-order valence-electron chi connectivity index (χ3n) is 6.22. The Kier molecular flexibility index (Phi) is 6.51. The molecule has 7 nitrogen and oxygen atoms in total. The molecule has 7 heteroatoms. The summed E-state index contributed by atoms with van der Waals surface area (Å²) in [7, 11) is 8.02. The molecule has 0 unspecified atom stereocenters. The quantitative estimate of drug-likeness (QED) is 0.248. The van der Waals surface area contributed by atoms with Gasteiger partial charge >= 0.3 is 0 Å². The molecule has 0 saturated heterocycles. The largest absolute Gasteiger partial charge is 0.378 e. The molecule has 1 heterocycles. The normalized spacial score (nSPS) is 10.8. The van der Waals surface area contributed by atoms with Gasteiger partial charge in [0.25, 0.3) is 5.91 Å². The van der Waals surface area contributed by atoms with Crippen molar-refractivity contribution in [3.05, 3.63) is 96.6 Å². The van der Waals surface area contributed by atoms with Crippen molar-refractivity contribution in [3.8, 4) is 11.4 Å². The van der Waals surface area contributed by atoms with Gasteiger partial charge in [-0.3, -0.25) is 4.79 Å². The Balaban J connectivity index is 1.28. The zero-order valence-electron chi connectivity index (χ0n) is 21.4. The van der Waals surface area contributed by atoms with Gasteiger partial charge < -0.3 is 25.4 Å². The Morgan fingerprint density at radius 1 is 0.703 bits per heavy atom. The minimum absolute atomic E-state index is 0.162. The first-order valence-electron chi connectivity index (χ1n) is 12.1. The lowest BCUT2D eigenvalue weighted by molar-refractivity contribution is 0.102. The summed E-state index contributed by atoms with van der Waals surface area (Å²) in [5.41, 5.74) is 8.17. The molecule has 0 bridgehead atoms. The maximum atomic E-state index is 12.8. The molecule has 1 amide bonds. The number of nitrogens with zero attached hydrogens (tertiary/aromatic N) is 3. The Morgan fingerprint density at radius 3 is 1.81 bits per heavy atom. The number of carbonyl (C=O) groups excluding carboxylic acids is 1. The van der Waals surface area contributed by atoms with Crippen LogP contribution in [0.15, 0.2) is 91.0 Å². The summed E-state index contributed by atoms with van der Waals surface area (Å²) in [6.07, 6.45) is 0. The van der Waals surface area contributed by atoms with Crippen LogP contribution in [0, 0.1) is 0 Å². The van der Waals surface area contributed by atoms with E-state index in [9.17, 15) is 4.79 Å². The molecule has 3 N–H and O–H groups in total. The van der Waals surface area contributed by atoms with Crippen LogP contribution in [-0.4, -0.2) is 44.1 Å². The van der Waals surface area contributed by atoms with E-state index in [2.05, 4.69) is 44.8 Å². The summed E-state index contributed by atoms with van der Waals surface area (Å²) in [6, 6.07) is 29.7. The lowest BCUT2D eigenvalue weighted by Gasteiger charge is -2.13. The zero-order chi connectivity index (χ0) is 25.9. The predicted molar refractivity (Wildman–Crippen MR) is 154 cm³/mol. The molecule has 0 radical (unpaired) electrons. The number of hydrogen-bond acceptors (Lipinski definition) is 5. The van der Waals surface area contributed by atoms with Crippen LogP contribution >= 0.6 is 0 Å². The number of carbonyl (C=O) groups is 1. The van der Waals surface area contributed by atoms with E-state index in [1.54, 1.807) is 6.07 Å². The van der Waals surface area contributed by atoms with Crippen molar-refractivity contribution >= 4 is 45.4 Å². The van der Waals surface area contributed by atoms with Gasteiger partial charge in [0.05, 0.1) is 11.0 Å². The van der Waals surface area contributed by atoms with E-state index in [1.807, 2.05) is 93.8 Å². The number of anilines is 5. The molecule has 0 aliphatic heterocycles. The van der Waals surface area contributed by atoms with Gasteiger partial charge in [-0.2, -0.15) is 0 Å². The fourth-order valence-electron chi connectivity index (χ4n) is 4.05. The maximum Gasteiger partial charge on any atom is 0.255 e. The second kappa shape index (κ2) is 10.1. The first-order valence-corrected chi connectivity index (χ1v) is 12.1. The van der Waals surface area contributed by atoms with Crippen LogP contribution in [0.2, 0.25) is 0 Å². The topological polar surface area (TPSA) is 76.3 Å². The molecule has 4 aromatic carbocycles. The number of hydrogen-bond donors (Lipinski definition) is 3. The maximum absolute atomic E-state index is 12.8. The number of fused-ring (bicyclic) bond motifs is 1. The molecule has 5 rings (SSSR count). The first-order chi connectivity index (χ1) is 17.9. The van der Waals surface area contributed by atoms with Crippen molar-refractivity contribution in [3.63, 3.8) is 0 Å². The SMILES string of the molecule is CN(C)c1ccc(NC(=O)c2ccc3nc(-c4ccc(Nc5ccc(N(C)C)cc5)cc4)[nH]c3c2)cc1. The van der Waals surface area contributed by atoms with E-state index >= 15 is 0 Å². The average Bonchev–Trinajstić information content (AvgIpc) is 3.33. The highest BCUT2D eigenvalue weighted by Gasteiger charge is 2.11. The second-order valence-corrected chi connectivity index (χ2v) is 9.36. The highest BCUT2D eigenvalue weighted by Crippen LogP contribution is 2.25. The van der Waals surface area contributed by atoms with Gasteiger partial charge in [0, 0.05) is 67.8 Å². The third-order valence-corrected chi connectivity index (χ3v) is 6.22. The number of aromatic amines is 1. The van der Waals surface area contributed by atoms with E-state index < -0.39 is 0 Å². The Bertz CT molecular complexity index is 1520. The first kappa shape index (κ1) is 23.9. The summed E-state index contributed by atoms with van der Waals surface area (Å²) in [5, 5.41) is 6.39. The fraction of sp³-hybridized carbons (Fsp3) is 0.133. The zero-order valence-corrected chi connectivity index (χ0v) is 21.4. The molecular weight excluding hydrogens is 460 g/mol. The number of aromatic nitrogens is 2. The van der Waals surface area contributed by atoms with Crippen molar-refractivity contribution in [1.29, 1.82) is 0 Å². The predicted octanol–water partition coefficient (Wildman–Crippen LogP) is 6.36. The molecule has 37 heavy (non-hydrogen) atoms. The summed E-state index contributed by atoms with van der Waals surface area (Å²) < 4.78 is 0. The van der Waals surface area contributed by atoms with Crippen LogP contribution in [0.3, 0.4) is 0 Å². The molecule has 0 saturated carbocycles. The number of benzene rings is 4. The van der Waals surface area contributed by atoms with Crippen LogP contribution in [0.4, 0.5) is 28.4 Å². The van der Waals surface area contributed by atoms with E-state index in [4.69, 9.17) is 4.98 Å². The average molecular weight is 491 g/mol. The molecule has 0 spiro atoms. The van der Waals surface area contributed by atoms with Crippen molar-refractivity contribution in [1.82, 2.24) is 9.97 Å². The van der Waals surface area contributed by atoms with E-state index in [1.165, 1.54) is 0 Å². The molecule has 0 aliphatic rings. The molecular formula is C30H30N6O. The number of nitrogens with one attached hydrogen (secondary N) is 3. The third kappa shape index (κ3) is 5.41. The summed E-state index contributed by atoms with van der Waals surface area (Å²) in [6.45, 7) is 0. The van der Waals surface area contributed by atoms with Crippen LogP contribution in [0.5, 0.6) is 0 Å². The summed E-state index contributed by atoms with van der Waals surface area (Å²) in [5.74, 6) is 0.596. The van der Waals surface area contributed by atoms with Crippen LogP contribution in [-0.2, 0) is 0 Å². The monoisotopic (exact) mass is 490 g/mol. The van der Waals surface area contributed by atoms with Gasteiger partial charge in [-0.15, -0.1) is 0 Å². The fourth-order valence-corrected chi connectivity index (χ4v) is 4.05. The van der Waals surface area contributed by atoms with Crippen molar-refractivity contribution < 1.29 is 4.79 Å². The number of H-pyrrole nitrogens is 1. The van der Waals surface area contributed by atoms with Gasteiger partial charge in [-0.05, 0) is 91.0 Å². The molecule has 1 aromatic heterocycles. The molecule has 0 aliphatic carbocycles. The molecule has 0 atom stereocenters. The highest BCUT2D eigenvalue weighted by molar-refractivity contribution is 6.06.